The van der Waals surface area contributed by atoms with Gasteiger partial charge in [-0.1, -0.05) is 25.0 Å². The monoisotopic (exact) mass is 540 g/mol. The van der Waals surface area contributed by atoms with Crippen molar-refractivity contribution in [1.29, 1.82) is 0 Å². The molecular weight excluding hydrogens is 500 g/mol. The minimum Gasteiger partial charge on any atom is -0.497 e. The number of hydrogen-bond acceptors (Lipinski definition) is 7. The van der Waals surface area contributed by atoms with E-state index >= 15 is 0 Å². The molecule has 2 unspecified atom stereocenters. The molecule has 3 heterocycles. The van der Waals surface area contributed by atoms with Gasteiger partial charge in [0.25, 0.3) is 5.91 Å². The number of rotatable bonds is 15. The number of esters is 1. The second kappa shape index (κ2) is 12.8. The van der Waals surface area contributed by atoms with Crippen LogP contribution in [-0.2, 0) is 23.9 Å². The third kappa shape index (κ3) is 5.47. The molecule has 0 aromatic heterocycles. The summed E-state index contributed by atoms with van der Waals surface area (Å²) in [4.78, 5) is 44.9. The third-order valence-electron chi connectivity index (χ3n) is 8.14. The topological polar surface area (TPSA) is 106 Å². The van der Waals surface area contributed by atoms with Gasteiger partial charge in [-0.25, -0.2) is 0 Å². The highest BCUT2D eigenvalue weighted by Gasteiger charge is 2.75. The number of aliphatic hydroxyl groups is 1. The fourth-order valence-corrected chi connectivity index (χ4v) is 6.39. The average Bonchev–Trinajstić information content (AvgIpc) is 3.59. The molecule has 1 aromatic carbocycles. The Hall–Kier alpha value is -3.17. The quantitative estimate of drug-likeness (QED) is 0.207. The summed E-state index contributed by atoms with van der Waals surface area (Å²) in [5.74, 6) is -1.76. The Kier molecular flexibility index (Phi) is 9.45. The number of anilines is 1. The number of methoxy groups -OCH3 is 1. The van der Waals surface area contributed by atoms with Gasteiger partial charge >= 0.3 is 5.97 Å². The summed E-state index contributed by atoms with van der Waals surface area (Å²) in [6, 6.07) is 6.30. The highest BCUT2D eigenvalue weighted by molar-refractivity contribution is 6.04. The number of hydrogen-bond donors (Lipinski definition) is 1. The molecule has 0 saturated carbocycles. The van der Waals surface area contributed by atoms with Gasteiger partial charge in [-0.15, -0.1) is 13.2 Å². The number of ether oxygens (including phenoxy) is 3. The molecule has 3 aliphatic rings. The van der Waals surface area contributed by atoms with E-state index in [1.165, 1.54) is 0 Å². The molecule has 2 bridgehead atoms. The Morgan fingerprint density at radius 1 is 1.18 bits per heavy atom. The number of carbonyl (C=O) groups excluding carboxylic acids is 3. The summed E-state index contributed by atoms with van der Waals surface area (Å²) in [6.07, 6.45) is 7.52. The maximum absolute atomic E-state index is 14.4. The van der Waals surface area contributed by atoms with Crippen molar-refractivity contribution in [1.82, 2.24) is 4.90 Å². The number of amides is 2. The molecule has 5 atom stereocenters. The minimum absolute atomic E-state index is 0.123. The molecule has 1 aromatic rings. The van der Waals surface area contributed by atoms with Gasteiger partial charge in [-0.3, -0.25) is 14.4 Å². The van der Waals surface area contributed by atoms with Crippen LogP contribution in [0.5, 0.6) is 5.75 Å². The van der Waals surface area contributed by atoms with Crippen LogP contribution in [0.1, 0.15) is 44.9 Å². The molecule has 3 fully saturated rings. The molecule has 3 saturated heterocycles. The van der Waals surface area contributed by atoms with Gasteiger partial charge < -0.3 is 29.1 Å². The van der Waals surface area contributed by atoms with Gasteiger partial charge in [0.05, 0.1) is 31.7 Å². The Bertz CT molecular complexity index is 1060. The molecule has 4 rings (SSSR count). The number of fused-ring (bicyclic) bond motifs is 1. The molecule has 1 spiro atoms. The molecule has 0 aliphatic carbocycles. The first-order valence-corrected chi connectivity index (χ1v) is 13.9. The predicted octanol–water partition coefficient (Wildman–Crippen LogP) is 3.26. The first-order chi connectivity index (χ1) is 18.9. The summed E-state index contributed by atoms with van der Waals surface area (Å²) in [5.41, 5.74) is -0.429. The zero-order chi connectivity index (χ0) is 28.0. The van der Waals surface area contributed by atoms with Crippen LogP contribution in [0, 0.1) is 11.8 Å². The van der Waals surface area contributed by atoms with Crippen LogP contribution in [0.4, 0.5) is 5.69 Å². The lowest BCUT2D eigenvalue weighted by Crippen LogP contribution is -2.56. The Morgan fingerprint density at radius 2 is 1.92 bits per heavy atom. The van der Waals surface area contributed by atoms with Crippen molar-refractivity contribution in [2.75, 3.05) is 38.3 Å². The van der Waals surface area contributed by atoms with E-state index in [2.05, 4.69) is 13.2 Å². The van der Waals surface area contributed by atoms with E-state index in [9.17, 15) is 14.4 Å². The smallest absolute Gasteiger partial charge is 0.312 e. The molecule has 9 nitrogen and oxygen atoms in total. The first kappa shape index (κ1) is 28.8. The Morgan fingerprint density at radius 3 is 2.59 bits per heavy atom. The molecule has 1 N–H and O–H groups in total. The Labute approximate surface area is 230 Å². The largest absolute Gasteiger partial charge is 0.497 e. The lowest BCUT2D eigenvalue weighted by atomic mass is 9.70. The van der Waals surface area contributed by atoms with E-state index < -0.39 is 35.6 Å². The zero-order valence-electron chi connectivity index (χ0n) is 22.8. The molecule has 212 valence electrons. The summed E-state index contributed by atoms with van der Waals surface area (Å²) >= 11 is 0. The molecular formula is C30H40N2O7. The van der Waals surface area contributed by atoms with Gasteiger partial charge in [0.15, 0.2) is 0 Å². The fourth-order valence-electron chi connectivity index (χ4n) is 6.39. The van der Waals surface area contributed by atoms with Gasteiger partial charge in [0.1, 0.15) is 17.4 Å². The van der Waals surface area contributed by atoms with Crippen molar-refractivity contribution in [3.63, 3.8) is 0 Å². The summed E-state index contributed by atoms with van der Waals surface area (Å²) in [6.45, 7) is 8.44. The number of aliphatic hydroxyl groups excluding tert-OH is 1. The van der Waals surface area contributed by atoms with Crippen LogP contribution in [0.25, 0.3) is 0 Å². The zero-order valence-corrected chi connectivity index (χ0v) is 22.8. The van der Waals surface area contributed by atoms with Gasteiger partial charge in [0, 0.05) is 25.4 Å². The van der Waals surface area contributed by atoms with Crippen molar-refractivity contribution in [3.8, 4) is 5.75 Å². The summed E-state index contributed by atoms with van der Waals surface area (Å²) in [7, 11) is 1.58. The maximum Gasteiger partial charge on any atom is 0.312 e. The number of benzene rings is 1. The standard InChI is InChI=1S/C30H40N2O7/c1-4-6-20-38-29(36)24-23-15-16-30(39-23)25(24)27(34)32(18-9-7-8-10-19-33)26(30)28(35)31(17-5-2)21-11-13-22(37-3)14-12-21/h4-5,11-14,23-26,33H,1-2,6-10,15-20H2,3H3/t23-,24+,25-,26?,30?/m0/s1. The molecule has 9 heteroatoms. The molecule has 39 heavy (non-hydrogen) atoms. The van der Waals surface area contributed by atoms with Gasteiger partial charge in [0.2, 0.25) is 5.91 Å². The van der Waals surface area contributed by atoms with Crippen molar-refractivity contribution in [2.45, 2.75) is 62.7 Å². The van der Waals surface area contributed by atoms with Crippen molar-refractivity contribution in [2.24, 2.45) is 11.8 Å². The van der Waals surface area contributed by atoms with Gasteiger partial charge in [-0.2, -0.15) is 0 Å². The van der Waals surface area contributed by atoms with E-state index in [0.29, 0.717) is 50.1 Å². The summed E-state index contributed by atoms with van der Waals surface area (Å²) in [5, 5.41) is 9.13. The van der Waals surface area contributed by atoms with Crippen LogP contribution in [0.2, 0.25) is 0 Å². The highest BCUT2D eigenvalue weighted by atomic mass is 16.6. The number of unbranched alkanes of at least 4 members (excludes halogenated alkanes) is 3. The number of nitrogens with zero attached hydrogens (tertiary/aromatic N) is 2. The lowest BCUT2D eigenvalue weighted by molar-refractivity contribution is -0.155. The van der Waals surface area contributed by atoms with Crippen LogP contribution in [0.15, 0.2) is 49.6 Å². The third-order valence-corrected chi connectivity index (χ3v) is 8.14. The van der Waals surface area contributed by atoms with E-state index in [1.54, 1.807) is 53.3 Å². The predicted molar refractivity (Wildman–Crippen MR) is 146 cm³/mol. The first-order valence-electron chi connectivity index (χ1n) is 13.9. The maximum atomic E-state index is 14.4. The fraction of sp³-hybridized carbons (Fsp3) is 0.567. The second-order valence-corrected chi connectivity index (χ2v) is 10.4. The SMILES string of the molecule is C=CCCOC(=O)[C@@H]1[C@@H]2CCC3(O2)C(C(=O)N(CC=C)c2ccc(OC)cc2)N(CCCCCCO)C(=O)[C@H]13. The van der Waals surface area contributed by atoms with Crippen molar-refractivity contribution >= 4 is 23.5 Å². The molecule has 0 radical (unpaired) electrons. The van der Waals surface area contributed by atoms with Crippen LogP contribution < -0.4 is 9.64 Å². The van der Waals surface area contributed by atoms with Crippen LogP contribution in [0.3, 0.4) is 0 Å². The number of likely N-dealkylation sites (tertiary alicyclic amines) is 1. The van der Waals surface area contributed by atoms with E-state index in [0.717, 1.165) is 12.8 Å². The van der Waals surface area contributed by atoms with Gasteiger partial charge in [-0.05, 0) is 56.4 Å². The van der Waals surface area contributed by atoms with Crippen LogP contribution >= 0.6 is 0 Å². The van der Waals surface area contributed by atoms with Crippen LogP contribution in [-0.4, -0.2) is 79.0 Å². The van der Waals surface area contributed by atoms with Crippen molar-refractivity contribution in [3.05, 3.63) is 49.6 Å². The highest BCUT2D eigenvalue weighted by Crippen LogP contribution is 2.59. The lowest BCUT2D eigenvalue weighted by Gasteiger charge is -2.36. The second-order valence-electron chi connectivity index (χ2n) is 10.4. The minimum atomic E-state index is -1.09. The van der Waals surface area contributed by atoms with Crippen molar-refractivity contribution < 1.29 is 33.7 Å². The normalized spacial score (nSPS) is 26.8. The Balaban J connectivity index is 1.66. The number of carbonyl (C=O) groups is 3. The molecule has 3 aliphatic heterocycles. The van der Waals surface area contributed by atoms with E-state index in [1.807, 2.05) is 0 Å². The summed E-state index contributed by atoms with van der Waals surface area (Å²) < 4.78 is 17.3. The van der Waals surface area contributed by atoms with E-state index in [4.69, 9.17) is 19.3 Å². The molecule has 2 amide bonds. The van der Waals surface area contributed by atoms with E-state index in [-0.39, 0.29) is 31.6 Å². The average molecular weight is 541 g/mol.